The molecule has 0 atom stereocenters. The van der Waals surface area contributed by atoms with Crippen molar-refractivity contribution in [3.05, 3.63) is 53.6 Å². The Morgan fingerprint density at radius 1 is 1.12 bits per heavy atom. The molecule has 0 aliphatic rings. The number of nitrogens with one attached hydrogen (secondary N) is 1. The van der Waals surface area contributed by atoms with Crippen LogP contribution in [0.2, 0.25) is 0 Å². The Labute approximate surface area is 142 Å². The van der Waals surface area contributed by atoms with Gasteiger partial charge < -0.3 is 9.72 Å². The van der Waals surface area contributed by atoms with Crippen molar-refractivity contribution in [1.82, 2.24) is 4.98 Å². The largest absolute Gasteiger partial charge is 0.493 e. The Hall–Kier alpha value is -2.55. The summed E-state index contributed by atoms with van der Waals surface area (Å²) >= 11 is 0. The number of aldehydes is 1. The third-order valence-electron chi connectivity index (χ3n) is 4.28. The molecule has 2 aromatic carbocycles. The summed E-state index contributed by atoms with van der Waals surface area (Å²) in [7, 11) is 0. The van der Waals surface area contributed by atoms with Crippen molar-refractivity contribution < 1.29 is 9.53 Å². The molecule has 124 valence electrons. The number of aromatic nitrogens is 1. The second-order valence-electron chi connectivity index (χ2n) is 6.97. The number of aromatic amines is 1. The molecule has 3 rings (SSSR count). The first-order chi connectivity index (χ1) is 11.5. The summed E-state index contributed by atoms with van der Waals surface area (Å²) in [5, 5.41) is 0.957. The van der Waals surface area contributed by atoms with E-state index in [0.717, 1.165) is 34.2 Å². The van der Waals surface area contributed by atoms with Crippen molar-refractivity contribution in [2.24, 2.45) is 0 Å². The summed E-state index contributed by atoms with van der Waals surface area (Å²) < 4.78 is 5.73. The van der Waals surface area contributed by atoms with Crippen molar-refractivity contribution >= 4 is 17.2 Å². The van der Waals surface area contributed by atoms with E-state index in [0.29, 0.717) is 12.2 Å². The number of rotatable bonds is 4. The highest BCUT2D eigenvalue weighted by molar-refractivity contribution is 6.05. The zero-order chi connectivity index (χ0) is 17.3. The van der Waals surface area contributed by atoms with Gasteiger partial charge in [-0.25, -0.2) is 0 Å². The van der Waals surface area contributed by atoms with E-state index in [-0.39, 0.29) is 5.41 Å². The van der Waals surface area contributed by atoms with E-state index in [1.165, 1.54) is 5.56 Å². The monoisotopic (exact) mass is 321 g/mol. The van der Waals surface area contributed by atoms with Crippen LogP contribution < -0.4 is 4.74 Å². The van der Waals surface area contributed by atoms with Gasteiger partial charge in [0.15, 0.2) is 6.29 Å². The van der Waals surface area contributed by atoms with Crippen LogP contribution in [-0.4, -0.2) is 17.9 Å². The minimum absolute atomic E-state index is 0.0367. The maximum atomic E-state index is 11.8. The fraction of sp³-hybridized carbons (Fsp3) is 0.286. The number of hydrogen-bond donors (Lipinski definition) is 1. The molecule has 1 aromatic heterocycles. The molecule has 0 fully saturated rings. The molecule has 3 nitrogen and oxygen atoms in total. The number of ether oxygens (including phenoxy) is 1. The maximum absolute atomic E-state index is 11.8. The highest BCUT2D eigenvalue weighted by atomic mass is 16.5. The molecule has 0 saturated heterocycles. The van der Waals surface area contributed by atoms with E-state index >= 15 is 0 Å². The van der Waals surface area contributed by atoms with Crippen molar-refractivity contribution in [2.45, 2.75) is 33.1 Å². The molecule has 0 amide bonds. The van der Waals surface area contributed by atoms with E-state index < -0.39 is 0 Å². The van der Waals surface area contributed by atoms with Crippen molar-refractivity contribution in [2.75, 3.05) is 6.61 Å². The number of para-hydroxylation sites is 1. The number of benzene rings is 2. The lowest BCUT2D eigenvalue weighted by molar-refractivity contribution is 0.112. The molecule has 0 radical (unpaired) electrons. The summed E-state index contributed by atoms with van der Waals surface area (Å²) in [6, 6.07) is 14.1. The van der Waals surface area contributed by atoms with Gasteiger partial charge in [-0.3, -0.25) is 4.79 Å². The highest BCUT2D eigenvalue weighted by Crippen LogP contribution is 2.36. The summed E-state index contributed by atoms with van der Waals surface area (Å²) in [6.07, 6.45) is 0.934. The topological polar surface area (TPSA) is 42.1 Å². The molecule has 0 aliphatic heterocycles. The van der Waals surface area contributed by atoms with Gasteiger partial charge in [-0.05, 0) is 42.2 Å². The maximum Gasteiger partial charge on any atom is 0.152 e. The Morgan fingerprint density at radius 2 is 1.88 bits per heavy atom. The van der Waals surface area contributed by atoms with E-state index in [1.807, 2.05) is 31.2 Å². The minimum atomic E-state index is 0.0367. The zero-order valence-electron chi connectivity index (χ0n) is 14.6. The fourth-order valence-electron chi connectivity index (χ4n) is 2.97. The molecule has 3 aromatic rings. The van der Waals surface area contributed by atoms with Gasteiger partial charge in [-0.1, -0.05) is 39.0 Å². The molecule has 0 saturated carbocycles. The van der Waals surface area contributed by atoms with E-state index in [1.54, 1.807) is 0 Å². The second kappa shape index (κ2) is 6.16. The Morgan fingerprint density at radius 3 is 2.54 bits per heavy atom. The van der Waals surface area contributed by atoms with Gasteiger partial charge in [0.25, 0.3) is 0 Å². The molecule has 24 heavy (non-hydrogen) atoms. The van der Waals surface area contributed by atoms with Crippen LogP contribution in [-0.2, 0) is 5.41 Å². The van der Waals surface area contributed by atoms with Gasteiger partial charge in [-0.15, -0.1) is 0 Å². The summed E-state index contributed by atoms with van der Waals surface area (Å²) in [4.78, 5) is 15.2. The number of carbonyl (C=O) groups is 1. The lowest BCUT2D eigenvalue weighted by Crippen LogP contribution is -2.10. The molecule has 0 spiro atoms. The average molecular weight is 321 g/mol. The molecule has 3 heteroatoms. The molecular weight excluding hydrogens is 298 g/mol. The van der Waals surface area contributed by atoms with Crippen LogP contribution in [0.5, 0.6) is 5.75 Å². The molecule has 1 N–H and O–H groups in total. The van der Waals surface area contributed by atoms with Crippen LogP contribution in [0.4, 0.5) is 0 Å². The number of fused-ring (bicyclic) bond motifs is 1. The van der Waals surface area contributed by atoms with Crippen molar-refractivity contribution in [1.29, 1.82) is 0 Å². The summed E-state index contributed by atoms with van der Waals surface area (Å²) in [5.74, 6) is 0.783. The van der Waals surface area contributed by atoms with Crippen LogP contribution in [0.3, 0.4) is 0 Å². The first-order valence-electron chi connectivity index (χ1n) is 8.29. The molecule has 0 aliphatic carbocycles. The first kappa shape index (κ1) is 16.3. The lowest BCUT2D eigenvalue weighted by Gasteiger charge is -2.18. The Balaban J connectivity index is 2.25. The van der Waals surface area contributed by atoms with Gasteiger partial charge in [0, 0.05) is 22.0 Å². The van der Waals surface area contributed by atoms with Gasteiger partial charge in [0.05, 0.1) is 12.3 Å². The normalized spacial score (nSPS) is 11.7. The number of hydrogen-bond acceptors (Lipinski definition) is 2. The van der Waals surface area contributed by atoms with Crippen molar-refractivity contribution in [3.63, 3.8) is 0 Å². The van der Waals surface area contributed by atoms with Gasteiger partial charge in [0.1, 0.15) is 5.75 Å². The fourth-order valence-corrected chi connectivity index (χ4v) is 2.97. The highest BCUT2D eigenvalue weighted by Gasteiger charge is 2.19. The van der Waals surface area contributed by atoms with E-state index in [4.69, 9.17) is 4.74 Å². The number of carbonyl (C=O) groups excluding carboxylic acids is 1. The summed E-state index contributed by atoms with van der Waals surface area (Å²) in [5.41, 5.74) is 4.62. The zero-order valence-corrected chi connectivity index (χ0v) is 14.6. The van der Waals surface area contributed by atoms with Crippen LogP contribution in [0.25, 0.3) is 22.2 Å². The van der Waals surface area contributed by atoms with E-state index in [2.05, 4.69) is 44.0 Å². The number of H-pyrrole nitrogens is 1. The lowest BCUT2D eigenvalue weighted by atomic mass is 9.86. The van der Waals surface area contributed by atoms with Crippen molar-refractivity contribution in [3.8, 4) is 17.0 Å². The molecule has 0 bridgehead atoms. The average Bonchev–Trinajstić information content (AvgIpc) is 2.92. The molecular formula is C21H23NO2. The predicted molar refractivity (Wildman–Crippen MR) is 99.0 cm³/mol. The van der Waals surface area contributed by atoms with Crippen LogP contribution in [0.1, 0.15) is 43.6 Å². The van der Waals surface area contributed by atoms with E-state index in [9.17, 15) is 4.79 Å². The quantitative estimate of drug-likeness (QED) is 0.659. The van der Waals surface area contributed by atoms with Gasteiger partial charge >= 0.3 is 0 Å². The SMILES string of the molecule is CCOc1ccccc1-c1[nH]c2ccc(C(C)(C)C)cc2c1C=O. The Kier molecular flexibility index (Phi) is 4.18. The second-order valence-corrected chi connectivity index (χ2v) is 6.97. The smallest absolute Gasteiger partial charge is 0.152 e. The Bertz CT molecular complexity index is 884. The first-order valence-corrected chi connectivity index (χ1v) is 8.29. The van der Waals surface area contributed by atoms with Crippen LogP contribution in [0, 0.1) is 0 Å². The van der Waals surface area contributed by atoms with Gasteiger partial charge in [-0.2, -0.15) is 0 Å². The third-order valence-corrected chi connectivity index (χ3v) is 4.28. The standard InChI is InChI=1S/C21H23NO2/c1-5-24-19-9-7-6-8-15(19)20-17(13-23)16-12-14(21(2,3)4)10-11-18(16)22-20/h6-13,22H,5H2,1-4H3. The van der Waals surface area contributed by atoms with Crippen LogP contribution >= 0.6 is 0 Å². The predicted octanol–water partition coefficient (Wildman–Crippen LogP) is 5.34. The summed E-state index contributed by atoms with van der Waals surface area (Å²) in [6.45, 7) is 9.06. The minimum Gasteiger partial charge on any atom is -0.493 e. The molecule has 0 unspecified atom stereocenters. The third kappa shape index (κ3) is 2.82. The van der Waals surface area contributed by atoms with Crippen LogP contribution in [0.15, 0.2) is 42.5 Å². The van der Waals surface area contributed by atoms with Gasteiger partial charge in [0.2, 0.25) is 0 Å². The molecule has 1 heterocycles.